The van der Waals surface area contributed by atoms with E-state index in [0.717, 1.165) is 16.2 Å². The molecule has 0 N–H and O–H groups in total. The quantitative estimate of drug-likeness (QED) is 0.606. The van der Waals surface area contributed by atoms with E-state index in [1.54, 1.807) is 23.3 Å². The Morgan fingerprint density at radius 2 is 2.27 bits per heavy atom. The average Bonchev–Trinajstić information content (AvgIpc) is 3.05. The highest BCUT2D eigenvalue weighted by molar-refractivity contribution is 7.08. The maximum absolute atomic E-state index is 12.5. The number of carbonyl (C=O) groups is 3. The molecule has 1 atom stereocenters. The van der Waals surface area contributed by atoms with E-state index >= 15 is 0 Å². The SMILES string of the molecule is CCOC(=O)CN1C(=O)CCC(N2Cc3cscc3O2)C1=O. The molecule has 1 fully saturated rings. The van der Waals surface area contributed by atoms with Crippen molar-refractivity contribution in [3.05, 3.63) is 16.3 Å². The smallest absolute Gasteiger partial charge is 0.326 e. The number of nitrogens with zero attached hydrogens (tertiary/aromatic N) is 2. The van der Waals surface area contributed by atoms with Crippen molar-refractivity contribution in [1.82, 2.24) is 9.96 Å². The number of amides is 2. The van der Waals surface area contributed by atoms with Crippen molar-refractivity contribution in [3.63, 3.8) is 0 Å². The molecule has 8 heteroatoms. The van der Waals surface area contributed by atoms with E-state index in [0.29, 0.717) is 13.0 Å². The number of imide groups is 1. The Morgan fingerprint density at radius 1 is 1.45 bits per heavy atom. The van der Waals surface area contributed by atoms with Gasteiger partial charge in [0.15, 0.2) is 5.75 Å². The molecular formula is C14H16N2O5S. The Balaban J connectivity index is 1.69. The molecule has 0 saturated carbocycles. The Hall–Kier alpha value is -1.93. The van der Waals surface area contributed by atoms with Crippen LogP contribution in [0.2, 0.25) is 0 Å². The highest BCUT2D eigenvalue weighted by atomic mass is 32.1. The first-order chi connectivity index (χ1) is 10.6. The molecule has 0 spiro atoms. The number of piperidine rings is 1. The fraction of sp³-hybridized carbons (Fsp3) is 0.500. The predicted molar refractivity (Wildman–Crippen MR) is 76.9 cm³/mol. The van der Waals surface area contributed by atoms with Gasteiger partial charge in [-0.1, -0.05) is 0 Å². The van der Waals surface area contributed by atoms with Crippen LogP contribution in [0.3, 0.4) is 0 Å². The molecule has 0 aromatic carbocycles. The van der Waals surface area contributed by atoms with Gasteiger partial charge in [-0.15, -0.1) is 16.4 Å². The zero-order chi connectivity index (χ0) is 15.7. The summed E-state index contributed by atoms with van der Waals surface area (Å²) in [6.07, 6.45) is 0.604. The van der Waals surface area contributed by atoms with E-state index in [1.807, 2.05) is 10.8 Å². The van der Waals surface area contributed by atoms with Crippen molar-refractivity contribution >= 4 is 29.1 Å². The summed E-state index contributed by atoms with van der Waals surface area (Å²) in [6.45, 7) is 2.07. The lowest BCUT2D eigenvalue weighted by atomic mass is 10.0. The molecule has 1 unspecified atom stereocenters. The molecule has 1 saturated heterocycles. The van der Waals surface area contributed by atoms with E-state index < -0.39 is 17.9 Å². The summed E-state index contributed by atoms with van der Waals surface area (Å²) in [7, 11) is 0. The van der Waals surface area contributed by atoms with Gasteiger partial charge in [0, 0.05) is 17.4 Å². The van der Waals surface area contributed by atoms with Crippen LogP contribution in [-0.2, 0) is 25.7 Å². The Kier molecular flexibility index (Phi) is 4.12. The van der Waals surface area contributed by atoms with Gasteiger partial charge in [0.2, 0.25) is 5.91 Å². The Bertz CT molecular complexity index is 594. The summed E-state index contributed by atoms with van der Waals surface area (Å²) in [5, 5.41) is 5.44. The number of esters is 1. The molecule has 2 aliphatic rings. The number of fused-ring (bicyclic) bond motifs is 1. The van der Waals surface area contributed by atoms with Gasteiger partial charge in [-0.05, 0) is 18.7 Å². The van der Waals surface area contributed by atoms with Crippen LogP contribution < -0.4 is 4.84 Å². The minimum absolute atomic E-state index is 0.211. The maximum Gasteiger partial charge on any atom is 0.326 e. The van der Waals surface area contributed by atoms with Crippen LogP contribution in [0.5, 0.6) is 5.75 Å². The van der Waals surface area contributed by atoms with Crippen LogP contribution in [0, 0.1) is 0 Å². The van der Waals surface area contributed by atoms with Gasteiger partial charge in [-0.25, -0.2) is 0 Å². The van der Waals surface area contributed by atoms with Crippen molar-refractivity contribution in [1.29, 1.82) is 0 Å². The van der Waals surface area contributed by atoms with E-state index in [9.17, 15) is 14.4 Å². The topological polar surface area (TPSA) is 76.2 Å². The number of ether oxygens (including phenoxy) is 1. The van der Waals surface area contributed by atoms with E-state index in [4.69, 9.17) is 9.57 Å². The molecule has 7 nitrogen and oxygen atoms in total. The maximum atomic E-state index is 12.5. The molecule has 3 rings (SSSR count). The Labute approximate surface area is 131 Å². The van der Waals surface area contributed by atoms with Gasteiger partial charge >= 0.3 is 5.97 Å². The highest BCUT2D eigenvalue weighted by Gasteiger charge is 2.42. The first-order valence-electron chi connectivity index (χ1n) is 7.09. The number of hydrogen-bond acceptors (Lipinski definition) is 7. The molecule has 22 heavy (non-hydrogen) atoms. The standard InChI is InChI=1S/C14H16N2O5S/c1-2-20-13(18)6-15-12(17)4-3-10(14(15)19)16-5-9-7-22-8-11(9)21-16/h7-8,10H,2-6H2,1H3. The van der Waals surface area contributed by atoms with Crippen molar-refractivity contribution in [2.75, 3.05) is 13.2 Å². The largest absolute Gasteiger partial charge is 0.465 e. The van der Waals surface area contributed by atoms with Crippen LogP contribution in [-0.4, -0.2) is 46.9 Å². The molecule has 0 bridgehead atoms. The first-order valence-corrected chi connectivity index (χ1v) is 8.04. The summed E-state index contributed by atoms with van der Waals surface area (Å²) in [5.74, 6) is -0.571. The zero-order valence-electron chi connectivity index (χ0n) is 12.1. The second-order valence-electron chi connectivity index (χ2n) is 5.11. The minimum atomic E-state index is -0.578. The number of hydrogen-bond donors (Lipinski definition) is 0. The number of hydroxylamine groups is 2. The van der Waals surface area contributed by atoms with Crippen LogP contribution in [0.4, 0.5) is 0 Å². The van der Waals surface area contributed by atoms with Gasteiger partial charge in [0.25, 0.3) is 5.91 Å². The molecule has 1 aromatic rings. The van der Waals surface area contributed by atoms with Crippen molar-refractivity contribution in [2.24, 2.45) is 0 Å². The molecule has 0 radical (unpaired) electrons. The zero-order valence-corrected chi connectivity index (χ0v) is 12.9. The summed E-state index contributed by atoms with van der Waals surface area (Å²) in [5.41, 5.74) is 1.03. The van der Waals surface area contributed by atoms with Gasteiger partial charge in [-0.3, -0.25) is 19.3 Å². The molecular weight excluding hydrogens is 308 g/mol. The van der Waals surface area contributed by atoms with Crippen LogP contribution in [0.1, 0.15) is 25.3 Å². The van der Waals surface area contributed by atoms with Gasteiger partial charge in [0.1, 0.15) is 12.6 Å². The van der Waals surface area contributed by atoms with Gasteiger partial charge in [-0.2, -0.15) is 0 Å². The normalized spacial score (nSPS) is 21.7. The molecule has 2 amide bonds. The lowest BCUT2D eigenvalue weighted by molar-refractivity contribution is -0.169. The monoisotopic (exact) mass is 324 g/mol. The van der Waals surface area contributed by atoms with Gasteiger partial charge < -0.3 is 9.57 Å². The lowest BCUT2D eigenvalue weighted by Gasteiger charge is -2.33. The second-order valence-corrected chi connectivity index (χ2v) is 5.85. The second kappa shape index (κ2) is 6.05. The van der Waals surface area contributed by atoms with E-state index in [-0.39, 0.29) is 25.5 Å². The molecule has 118 valence electrons. The number of rotatable bonds is 4. The first kappa shape index (κ1) is 15.0. The summed E-state index contributed by atoms with van der Waals surface area (Å²) >= 11 is 1.54. The summed E-state index contributed by atoms with van der Waals surface area (Å²) in [4.78, 5) is 42.6. The van der Waals surface area contributed by atoms with Crippen molar-refractivity contribution in [3.8, 4) is 5.75 Å². The number of likely N-dealkylation sites (tertiary alicyclic amines) is 1. The summed E-state index contributed by atoms with van der Waals surface area (Å²) in [6, 6.07) is -0.551. The van der Waals surface area contributed by atoms with Crippen molar-refractivity contribution in [2.45, 2.75) is 32.4 Å². The third-order valence-corrected chi connectivity index (χ3v) is 4.44. The Morgan fingerprint density at radius 3 is 3.00 bits per heavy atom. The van der Waals surface area contributed by atoms with Crippen LogP contribution in [0.15, 0.2) is 10.8 Å². The molecule has 3 heterocycles. The predicted octanol–water partition coefficient (Wildman–Crippen LogP) is 0.938. The summed E-state index contributed by atoms with van der Waals surface area (Å²) < 4.78 is 4.81. The number of thiophene rings is 1. The third kappa shape index (κ3) is 2.71. The lowest BCUT2D eigenvalue weighted by Crippen LogP contribution is -2.55. The third-order valence-electron chi connectivity index (χ3n) is 3.67. The highest BCUT2D eigenvalue weighted by Crippen LogP contribution is 2.34. The molecule has 1 aromatic heterocycles. The average molecular weight is 324 g/mol. The van der Waals surface area contributed by atoms with E-state index in [1.165, 1.54) is 0 Å². The molecule has 0 aliphatic carbocycles. The van der Waals surface area contributed by atoms with Gasteiger partial charge in [0.05, 0.1) is 13.2 Å². The van der Waals surface area contributed by atoms with Crippen LogP contribution in [0.25, 0.3) is 0 Å². The number of carbonyl (C=O) groups excluding carboxylic acids is 3. The minimum Gasteiger partial charge on any atom is -0.465 e. The molecule has 2 aliphatic heterocycles. The van der Waals surface area contributed by atoms with Crippen molar-refractivity contribution < 1.29 is 24.0 Å². The fourth-order valence-corrected chi connectivity index (χ4v) is 3.34. The van der Waals surface area contributed by atoms with E-state index in [2.05, 4.69) is 0 Å². The fourth-order valence-electron chi connectivity index (χ4n) is 2.60. The van der Waals surface area contributed by atoms with Crippen LogP contribution >= 0.6 is 11.3 Å².